The van der Waals surface area contributed by atoms with E-state index in [2.05, 4.69) is 0 Å². The molecule has 3 rings (SSSR count). The number of rotatable bonds is 5. The van der Waals surface area contributed by atoms with E-state index in [1.165, 1.54) is 4.90 Å². The van der Waals surface area contributed by atoms with Gasteiger partial charge in [0.1, 0.15) is 0 Å². The molecule has 0 fully saturated rings. The maximum absolute atomic E-state index is 13.2. The molecule has 0 spiro atoms. The Balaban J connectivity index is 1.96. The second-order valence-electron chi connectivity index (χ2n) is 5.97. The van der Waals surface area contributed by atoms with Crippen molar-refractivity contribution in [2.75, 3.05) is 13.2 Å². The van der Waals surface area contributed by atoms with Gasteiger partial charge < -0.3 is 14.7 Å². The lowest BCUT2D eigenvalue weighted by Gasteiger charge is -2.36. The van der Waals surface area contributed by atoms with Gasteiger partial charge in [-0.1, -0.05) is 54.6 Å². The van der Waals surface area contributed by atoms with Crippen LogP contribution in [-0.2, 0) is 20.7 Å². The number of carboxylic acids is 1. The first kappa shape index (κ1) is 17.2. The molecule has 0 aliphatic carbocycles. The third kappa shape index (κ3) is 3.42. The van der Waals surface area contributed by atoms with E-state index in [0.717, 1.165) is 11.1 Å². The van der Waals surface area contributed by atoms with Gasteiger partial charge >= 0.3 is 5.97 Å². The predicted octanol–water partition coefficient (Wildman–Crippen LogP) is 2.97. The second-order valence-corrected chi connectivity index (χ2v) is 5.97. The van der Waals surface area contributed by atoms with Crippen LogP contribution in [-0.4, -0.2) is 35.0 Å². The molecule has 5 nitrogen and oxygen atoms in total. The van der Waals surface area contributed by atoms with Crippen LogP contribution in [0.15, 0.2) is 54.6 Å². The smallest absolute Gasteiger partial charge is 0.331 e. The molecule has 1 aliphatic heterocycles. The van der Waals surface area contributed by atoms with E-state index in [1.807, 2.05) is 49.4 Å². The van der Waals surface area contributed by atoms with Gasteiger partial charge in [-0.15, -0.1) is 0 Å². The second kappa shape index (κ2) is 7.49. The highest BCUT2D eigenvalue weighted by Crippen LogP contribution is 2.33. The van der Waals surface area contributed by atoms with Crippen molar-refractivity contribution in [1.82, 2.24) is 4.90 Å². The summed E-state index contributed by atoms with van der Waals surface area (Å²) < 4.78 is 5.67. The van der Waals surface area contributed by atoms with Crippen molar-refractivity contribution >= 4 is 11.9 Å². The molecule has 2 unspecified atom stereocenters. The summed E-state index contributed by atoms with van der Waals surface area (Å²) in [6.45, 7) is 2.56. The first-order chi connectivity index (χ1) is 12.1. The van der Waals surface area contributed by atoms with Crippen molar-refractivity contribution < 1.29 is 19.4 Å². The number of fused-ring (bicyclic) bond motifs is 1. The van der Waals surface area contributed by atoms with Crippen LogP contribution in [0, 0.1) is 0 Å². The molecule has 1 aliphatic rings. The number of benzene rings is 2. The van der Waals surface area contributed by atoms with Gasteiger partial charge in [0.2, 0.25) is 0 Å². The van der Waals surface area contributed by atoms with E-state index >= 15 is 0 Å². The first-order valence-electron chi connectivity index (χ1n) is 8.41. The Morgan fingerprint density at radius 3 is 2.52 bits per heavy atom. The summed E-state index contributed by atoms with van der Waals surface area (Å²) in [5, 5.41) is 9.75. The molecule has 25 heavy (non-hydrogen) atoms. The van der Waals surface area contributed by atoms with Gasteiger partial charge in [-0.2, -0.15) is 0 Å². The number of aliphatic carboxylic acids is 1. The molecule has 1 N–H and O–H groups in total. The van der Waals surface area contributed by atoms with Crippen LogP contribution in [0.2, 0.25) is 0 Å². The van der Waals surface area contributed by atoms with E-state index in [0.29, 0.717) is 25.1 Å². The quantitative estimate of drug-likeness (QED) is 0.909. The molecular weight excluding hydrogens is 318 g/mol. The molecular formula is C20H21NO4. The molecule has 0 aromatic heterocycles. The van der Waals surface area contributed by atoms with Crippen LogP contribution in [0.25, 0.3) is 0 Å². The van der Waals surface area contributed by atoms with Gasteiger partial charge in [0.25, 0.3) is 5.91 Å². The number of hydrogen-bond acceptors (Lipinski definition) is 3. The number of hydrogen-bond donors (Lipinski definition) is 1. The number of ether oxygens (including phenoxy) is 1. The van der Waals surface area contributed by atoms with Crippen LogP contribution in [0.3, 0.4) is 0 Å². The Morgan fingerprint density at radius 1 is 1.16 bits per heavy atom. The first-order valence-corrected chi connectivity index (χ1v) is 8.41. The van der Waals surface area contributed by atoms with Crippen molar-refractivity contribution in [2.24, 2.45) is 0 Å². The standard InChI is InChI=1S/C20H21NO4/c1-2-25-18(15-9-4-3-5-10-15)19(22)21-13-12-14-8-6-7-11-16(14)17(21)20(23)24/h3-11,17-18H,2,12-13H2,1H3,(H,23,24). The molecule has 130 valence electrons. The van der Waals surface area contributed by atoms with E-state index in [1.54, 1.807) is 12.1 Å². The van der Waals surface area contributed by atoms with Crippen molar-refractivity contribution in [1.29, 1.82) is 0 Å². The monoisotopic (exact) mass is 339 g/mol. The van der Waals surface area contributed by atoms with Crippen LogP contribution in [0.4, 0.5) is 0 Å². The van der Waals surface area contributed by atoms with Gasteiger partial charge in [-0.05, 0) is 30.0 Å². The molecule has 1 amide bonds. The SMILES string of the molecule is CCOC(C(=O)N1CCc2ccccc2C1C(=O)O)c1ccccc1. The largest absolute Gasteiger partial charge is 0.479 e. The Kier molecular flexibility index (Phi) is 5.14. The highest BCUT2D eigenvalue weighted by molar-refractivity contribution is 5.88. The van der Waals surface area contributed by atoms with Crippen LogP contribution < -0.4 is 0 Å². The molecule has 2 aromatic rings. The molecule has 2 aromatic carbocycles. The summed E-state index contributed by atoms with van der Waals surface area (Å²) in [4.78, 5) is 26.5. The van der Waals surface area contributed by atoms with Crippen LogP contribution in [0.1, 0.15) is 35.8 Å². The van der Waals surface area contributed by atoms with Crippen molar-refractivity contribution in [3.05, 3.63) is 71.3 Å². The highest BCUT2D eigenvalue weighted by atomic mass is 16.5. The summed E-state index contributed by atoms with van der Waals surface area (Å²) in [6.07, 6.45) is -0.155. The summed E-state index contributed by atoms with van der Waals surface area (Å²) >= 11 is 0. The fourth-order valence-electron chi connectivity index (χ4n) is 3.33. The van der Waals surface area contributed by atoms with E-state index in [9.17, 15) is 14.7 Å². The summed E-state index contributed by atoms with van der Waals surface area (Å²) in [6, 6.07) is 15.6. The molecule has 5 heteroatoms. The summed E-state index contributed by atoms with van der Waals surface area (Å²) in [7, 11) is 0. The Morgan fingerprint density at radius 2 is 1.84 bits per heavy atom. The normalized spacial score (nSPS) is 17.6. The topological polar surface area (TPSA) is 66.8 Å². The zero-order valence-corrected chi connectivity index (χ0v) is 14.1. The van der Waals surface area contributed by atoms with E-state index in [-0.39, 0.29) is 5.91 Å². The molecule has 2 atom stereocenters. The zero-order chi connectivity index (χ0) is 17.8. The van der Waals surface area contributed by atoms with Gasteiger partial charge in [-0.25, -0.2) is 4.79 Å². The molecule has 1 heterocycles. The lowest BCUT2D eigenvalue weighted by atomic mass is 9.91. The van der Waals surface area contributed by atoms with Gasteiger partial charge in [0.05, 0.1) is 0 Å². The Hall–Kier alpha value is -2.66. The fraction of sp³-hybridized carbons (Fsp3) is 0.300. The average molecular weight is 339 g/mol. The molecule has 0 radical (unpaired) electrons. The minimum Gasteiger partial charge on any atom is -0.479 e. The predicted molar refractivity (Wildman–Crippen MR) is 93.0 cm³/mol. The lowest BCUT2D eigenvalue weighted by molar-refractivity contribution is -0.157. The minimum atomic E-state index is -1.02. The fourth-order valence-corrected chi connectivity index (χ4v) is 3.33. The molecule has 0 bridgehead atoms. The number of nitrogens with zero attached hydrogens (tertiary/aromatic N) is 1. The average Bonchev–Trinajstić information content (AvgIpc) is 2.65. The summed E-state index contributed by atoms with van der Waals surface area (Å²) in [5.74, 6) is -1.33. The van der Waals surface area contributed by atoms with Crippen molar-refractivity contribution in [3.8, 4) is 0 Å². The van der Waals surface area contributed by atoms with Gasteiger partial charge in [0, 0.05) is 13.2 Å². The molecule has 0 saturated heterocycles. The highest BCUT2D eigenvalue weighted by Gasteiger charge is 2.39. The number of carbonyl (C=O) groups is 2. The van der Waals surface area contributed by atoms with Crippen molar-refractivity contribution in [2.45, 2.75) is 25.5 Å². The van der Waals surface area contributed by atoms with E-state index < -0.39 is 18.1 Å². The molecule has 0 saturated carbocycles. The van der Waals surface area contributed by atoms with Crippen molar-refractivity contribution in [3.63, 3.8) is 0 Å². The minimum absolute atomic E-state index is 0.310. The maximum atomic E-state index is 13.2. The van der Waals surface area contributed by atoms with Crippen LogP contribution in [0.5, 0.6) is 0 Å². The van der Waals surface area contributed by atoms with Crippen LogP contribution >= 0.6 is 0 Å². The zero-order valence-electron chi connectivity index (χ0n) is 14.1. The third-order valence-corrected chi connectivity index (χ3v) is 4.46. The van der Waals surface area contributed by atoms with E-state index in [4.69, 9.17) is 4.74 Å². The Labute approximate surface area is 146 Å². The number of carboxylic acid groups (broad SMARTS) is 1. The Bertz CT molecular complexity index is 759. The van der Waals surface area contributed by atoms with Gasteiger partial charge in [-0.3, -0.25) is 4.79 Å². The number of carbonyl (C=O) groups excluding carboxylic acids is 1. The summed E-state index contributed by atoms with van der Waals surface area (Å²) in [5.41, 5.74) is 2.39. The van der Waals surface area contributed by atoms with Gasteiger partial charge in [0.15, 0.2) is 12.1 Å². The number of amides is 1. The maximum Gasteiger partial charge on any atom is 0.331 e. The third-order valence-electron chi connectivity index (χ3n) is 4.46. The lowest BCUT2D eigenvalue weighted by Crippen LogP contribution is -2.46.